The minimum Gasteiger partial charge on any atom is -0.480 e. The Bertz CT molecular complexity index is 2330. The standard InChI is InChI=1S/C26H45N5O7.C22H30N4O5.C6H10O2.C4H10/c1-8-9-10-19(23(35)27-13-21(33)29-17(4)11-16(2)3)30-22(34)14-28-24(36)20-12-18(32)15-31(20)25(37)38-26(5,6)7;1-3-9-25(15-27)13-20(28)24-19(22(31)26(10-4-2)14-21(29)30)11-16-12-23-18-8-6-5-7-17(16)18;1-3-4-5-6(7)8-2;1-3-4-2/h16-17,19-20H,8-15H2,1-7H3,(H,27,35)(H,28,36)(H,29,33)(H,30,34);5-8,12,15,19,23H,3-4,9-11,13-14H2,1-2H3,(H,24,28)(H,29,30);4-5H,3H2,1-2H3;3-4H2,1-2H3/b;;5-4+;/t17-,19+,20?;19-;;/m10../s1. The zero-order chi connectivity index (χ0) is 61.7. The van der Waals surface area contributed by atoms with E-state index in [1.807, 2.05) is 58.9 Å². The first-order valence-electron chi connectivity index (χ1n) is 28.2. The van der Waals surface area contributed by atoms with Gasteiger partial charge < -0.3 is 55.9 Å². The molecule has 23 nitrogen and oxygen atoms in total. The van der Waals surface area contributed by atoms with Crippen LogP contribution in [-0.4, -0.2) is 173 Å². The number of aromatic nitrogens is 1. The second kappa shape index (κ2) is 40.8. The predicted molar refractivity (Wildman–Crippen MR) is 309 cm³/mol. The fraction of sp³-hybridized carbons (Fsp3) is 0.638. The molecule has 1 aliphatic heterocycles. The summed E-state index contributed by atoms with van der Waals surface area (Å²) in [4.78, 5) is 140. The van der Waals surface area contributed by atoms with E-state index in [1.54, 1.807) is 33.0 Å². The lowest BCUT2D eigenvalue weighted by Crippen LogP contribution is -2.53. The number of aliphatic carboxylic acids is 1. The number of esters is 1. The molecule has 2 heterocycles. The molecular weight excluding hydrogens is 1050 g/mol. The van der Waals surface area contributed by atoms with Gasteiger partial charge in [-0.3, -0.25) is 48.1 Å². The number of carboxylic acids is 1. The molecule has 1 aromatic carbocycles. The lowest BCUT2D eigenvalue weighted by molar-refractivity contribution is -0.146. The fourth-order valence-corrected chi connectivity index (χ4v) is 7.83. The normalized spacial score (nSPS) is 13.8. The molecule has 456 valence electrons. The highest BCUT2D eigenvalue weighted by Crippen LogP contribution is 2.21. The molecular formula is C58H95N9O14. The van der Waals surface area contributed by atoms with Gasteiger partial charge in [0, 0.05) is 55.1 Å². The predicted octanol–water partition coefficient (Wildman–Crippen LogP) is 5.34. The zero-order valence-corrected chi connectivity index (χ0v) is 50.3. The third kappa shape index (κ3) is 31.9. The highest BCUT2D eigenvalue weighted by molar-refractivity contribution is 5.99. The number of benzene rings is 1. The number of ether oxygens (including phenoxy) is 2. The minimum atomic E-state index is -1.12. The Morgan fingerprint density at radius 3 is 1.99 bits per heavy atom. The maximum absolute atomic E-state index is 13.2. The third-order valence-corrected chi connectivity index (χ3v) is 11.7. The lowest BCUT2D eigenvalue weighted by atomic mass is 10.0. The smallest absolute Gasteiger partial charge is 0.411 e. The van der Waals surface area contributed by atoms with Crippen LogP contribution in [0.3, 0.4) is 0 Å². The van der Waals surface area contributed by atoms with Gasteiger partial charge in [0.15, 0.2) is 5.78 Å². The number of methoxy groups -OCH3 is 1. The summed E-state index contributed by atoms with van der Waals surface area (Å²) < 4.78 is 9.60. The largest absolute Gasteiger partial charge is 0.480 e. The van der Waals surface area contributed by atoms with Crippen LogP contribution in [0.2, 0.25) is 0 Å². The average molecular weight is 1140 g/mol. The number of rotatable bonds is 29. The van der Waals surface area contributed by atoms with Gasteiger partial charge in [0.05, 0.1) is 33.3 Å². The minimum absolute atomic E-state index is 0.0278. The van der Waals surface area contributed by atoms with E-state index in [0.29, 0.717) is 44.6 Å². The van der Waals surface area contributed by atoms with Crippen LogP contribution in [0, 0.1) is 5.92 Å². The number of carbonyl (C=O) groups excluding carboxylic acids is 10. The second-order valence-electron chi connectivity index (χ2n) is 20.9. The summed E-state index contributed by atoms with van der Waals surface area (Å²) in [6.45, 7) is 22.2. The number of likely N-dealkylation sites (tertiary alicyclic amines) is 1. The average Bonchev–Trinajstić information content (AvgIpc) is 4.07. The van der Waals surface area contributed by atoms with Gasteiger partial charge >= 0.3 is 18.0 Å². The number of aromatic amines is 1. The number of carboxylic acid groups (broad SMARTS) is 1. The summed E-state index contributed by atoms with van der Waals surface area (Å²) in [6, 6.07) is 4.66. The molecule has 81 heavy (non-hydrogen) atoms. The van der Waals surface area contributed by atoms with Crippen LogP contribution < -0.4 is 26.6 Å². The van der Waals surface area contributed by atoms with Crippen molar-refractivity contribution in [3.63, 3.8) is 0 Å². The van der Waals surface area contributed by atoms with E-state index in [0.717, 1.165) is 40.6 Å². The van der Waals surface area contributed by atoms with Crippen molar-refractivity contribution in [1.82, 2.24) is 46.3 Å². The Balaban J connectivity index is 0.00000133. The van der Waals surface area contributed by atoms with Crippen molar-refractivity contribution >= 4 is 76.6 Å². The van der Waals surface area contributed by atoms with E-state index >= 15 is 0 Å². The number of unbranched alkanes of at least 4 members (excludes halogenated alkanes) is 2. The molecule has 0 saturated carbocycles. The van der Waals surface area contributed by atoms with E-state index in [-0.39, 0.29) is 62.7 Å². The van der Waals surface area contributed by atoms with Crippen LogP contribution in [0.1, 0.15) is 153 Å². The van der Waals surface area contributed by atoms with Crippen LogP contribution in [0.5, 0.6) is 0 Å². The number of Topliss-reactive ketones (excluding diaryl/α,β-unsaturated/α-hetero) is 1. The van der Waals surface area contributed by atoms with E-state index < -0.39 is 78.4 Å². The van der Waals surface area contributed by atoms with Gasteiger partial charge in [-0.15, -0.1) is 0 Å². The number of amides is 8. The molecule has 8 amide bonds. The van der Waals surface area contributed by atoms with Gasteiger partial charge in [-0.05, 0) is 77.3 Å². The Kier molecular flexibility index (Phi) is 37.1. The van der Waals surface area contributed by atoms with Crippen LogP contribution >= 0.6 is 0 Å². The maximum Gasteiger partial charge on any atom is 0.411 e. The molecule has 1 unspecified atom stereocenters. The van der Waals surface area contributed by atoms with Crippen molar-refractivity contribution in [2.75, 3.05) is 52.9 Å². The Hall–Kier alpha value is -7.33. The van der Waals surface area contributed by atoms with Gasteiger partial charge in [0.2, 0.25) is 41.9 Å². The molecule has 1 aliphatic rings. The Labute approximate surface area is 479 Å². The molecule has 0 spiro atoms. The Morgan fingerprint density at radius 1 is 0.815 bits per heavy atom. The molecule has 7 N–H and O–H groups in total. The van der Waals surface area contributed by atoms with Crippen LogP contribution in [0.25, 0.3) is 10.9 Å². The quantitative estimate of drug-likeness (QED) is 0.0307. The monoisotopic (exact) mass is 1140 g/mol. The number of hydrogen-bond acceptors (Lipinski definition) is 13. The molecule has 1 saturated heterocycles. The second-order valence-corrected chi connectivity index (χ2v) is 20.9. The SMILES string of the molecule is CC/C=C/C(=O)OC.CCCC.CCCC[C@H](NC(=O)CNC(=O)C1CC(=O)CN1C(=O)OC(C)(C)C)C(=O)NCC(=O)N[C@H](C)CC(C)C.CCCN(C=O)CC(=O)N[C@@H](Cc1c[nH]c2ccccc12)C(=O)N(CCC)CC(=O)O. The maximum atomic E-state index is 13.2. The molecule has 2 aromatic rings. The highest BCUT2D eigenvalue weighted by Gasteiger charge is 2.41. The number of ketones is 1. The number of allylic oxidation sites excluding steroid dienone is 1. The molecule has 23 heteroatoms. The Morgan fingerprint density at radius 2 is 1.43 bits per heavy atom. The molecule has 3 rings (SSSR count). The number of fused-ring (bicyclic) bond motifs is 1. The van der Waals surface area contributed by atoms with Crippen molar-refractivity contribution in [3.8, 4) is 0 Å². The van der Waals surface area contributed by atoms with Crippen molar-refractivity contribution in [2.24, 2.45) is 5.92 Å². The first-order valence-corrected chi connectivity index (χ1v) is 28.2. The van der Waals surface area contributed by atoms with Crippen LogP contribution in [0.4, 0.5) is 4.79 Å². The summed E-state index contributed by atoms with van der Waals surface area (Å²) >= 11 is 0. The number of carbonyl (C=O) groups is 11. The van der Waals surface area contributed by atoms with E-state index in [1.165, 1.54) is 35.8 Å². The fourth-order valence-electron chi connectivity index (χ4n) is 7.83. The number of hydrogen-bond donors (Lipinski definition) is 7. The number of nitrogens with one attached hydrogen (secondary N) is 6. The zero-order valence-electron chi connectivity index (χ0n) is 50.3. The van der Waals surface area contributed by atoms with Crippen molar-refractivity contribution < 1.29 is 67.3 Å². The van der Waals surface area contributed by atoms with Gasteiger partial charge in [-0.25, -0.2) is 9.59 Å². The van der Waals surface area contributed by atoms with E-state index in [2.05, 4.69) is 64.0 Å². The molecule has 1 aromatic heterocycles. The summed E-state index contributed by atoms with van der Waals surface area (Å²) in [5.41, 5.74) is 0.938. The van der Waals surface area contributed by atoms with Crippen molar-refractivity contribution in [3.05, 3.63) is 48.2 Å². The van der Waals surface area contributed by atoms with Crippen molar-refractivity contribution in [1.29, 1.82) is 0 Å². The van der Waals surface area contributed by atoms with Crippen LogP contribution in [-0.2, 0) is 63.8 Å². The summed E-state index contributed by atoms with van der Waals surface area (Å²) in [5, 5.41) is 23.3. The molecule has 0 aliphatic carbocycles. The number of para-hydroxylation sites is 1. The van der Waals surface area contributed by atoms with Gasteiger partial charge in [0.25, 0.3) is 0 Å². The summed E-state index contributed by atoms with van der Waals surface area (Å²) in [6.07, 6.45) is 12.2. The van der Waals surface area contributed by atoms with Crippen molar-refractivity contribution in [2.45, 2.75) is 183 Å². The van der Waals surface area contributed by atoms with E-state index in [9.17, 15) is 57.8 Å². The van der Waals surface area contributed by atoms with Gasteiger partial charge in [-0.2, -0.15) is 0 Å². The topological polar surface area (TPSA) is 312 Å². The first kappa shape index (κ1) is 73.7. The number of H-pyrrole nitrogens is 1. The first-order chi connectivity index (χ1) is 38.2. The highest BCUT2D eigenvalue weighted by atomic mass is 16.6. The molecule has 0 radical (unpaired) electrons. The van der Waals surface area contributed by atoms with Gasteiger partial charge in [0.1, 0.15) is 30.3 Å². The lowest BCUT2D eigenvalue weighted by Gasteiger charge is -2.27. The molecule has 0 bridgehead atoms. The molecule has 4 atom stereocenters. The third-order valence-electron chi connectivity index (χ3n) is 11.7. The van der Waals surface area contributed by atoms with Gasteiger partial charge in [-0.1, -0.05) is 105 Å². The molecule has 1 fully saturated rings. The number of nitrogens with zero attached hydrogens (tertiary/aromatic N) is 3. The summed E-state index contributed by atoms with van der Waals surface area (Å²) in [5.74, 6) is -4.30. The van der Waals surface area contributed by atoms with E-state index in [4.69, 9.17) is 4.74 Å². The van der Waals surface area contributed by atoms with Crippen LogP contribution in [0.15, 0.2) is 42.6 Å². The summed E-state index contributed by atoms with van der Waals surface area (Å²) in [7, 11) is 1.36.